The molecule has 2 amide bonds. The Balaban J connectivity index is 1.85. The fraction of sp³-hybridized carbons (Fsp3) is 0.143. The average molecular weight is 406 g/mol. The van der Waals surface area contributed by atoms with Gasteiger partial charge in [-0.1, -0.05) is 35.9 Å². The molecule has 1 aliphatic heterocycles. The van der Waals surface area contributed by atoms with E-state index in [0.717, 1.165) is 15.4 Å². The summed E-state index contributed by atoms with van der Waals surface area (Å²) in [6, 6.07) is 16.2. The maximum Gasteiger partial charge on any atom is 0.323 e. The number of carbonyl (C=O) groups is 2. The van der Waals surface area contributed by atoms with E-state index < -0.39 is 17.4 Å². The monoisotopic (exact) mass is 406 g/mol. The van der Waals surface area contributed by atoms with E-state index in [1.54, 1.807) is 42.9 Å². The Labute approximate surface area is 172 Å². The Bertz CT molecular complexity index is 1210. The molecule has 0 bridgehead atoms. The molecule has 2 aromatic carbocycles. The molecule has 1 saturated heterocycles. The lowest BCUT2D eigenvalue weighted by atomic mass is 10.2. The number of amides is 2. The van der Waals surface area contributed by atoms with Crippen LogP contribution in [-0.2, 0) is 16.6 Å². The van der Waals surface area contributed by atoms with Crippen molar-refractivity contribution in [3.8, 4) is 5.69 Å². The van der Waals surface area contributed by atoms with Crippen molar-refractivity contribution in [1.82, 2.24) is 9.36 Å². The Morgan fingerprint density at radius 1 is 0.759 bits per heavy atom. The molecular weight excluding hydrogens is 388 g/mol. The van der Waals surface area contributed by atoms with Gasteiger partial charge < -0.3 is 0 Å². The average Bonchev–Trinajstić information content (AvgIpc) is 3.06. The number of hydrogen-bond acceptors (Lipinski definition) is 4. The standard InChI is InChI=1S/C21H18N4O3S/c1-13-9-11-15(12-10-13)23-19(27)20(28)24(21(23)29)17-14(2)22(3)25(18(17)26)16-7-5-4-6-8-16/h4-12H,1-3H3. The molecule has 29 heavy (non-hydrogen) atoms. The molecule has 1 aliphatic rings. The fourth-order valence-electron chi connectivity index (χ4n) is 3.40. The van der Waals surface area contributed by atoms with Crippen molar-refractivity contribution in [3.05, 3.63) is 76.2 Å². The molecule has 0 atom stereocenters. The van der Waals surface area contributed by atoms with Crippen LogP contribution in [0.25, 0.3) is 5.69 Å². The van der Waals surface area contributed by atoms with Crippen molar-refractivity contribution in [3.63, 3.8) is 0 Å². The van der Waals surface area contributed by atoms with Gasteiger partial charge in [0.05, 0.1) is 17.1 Å². The first-order valence-electron chi connectivity index (χ1n) is 8.96. The minimum atomic E-state index is -0.846. The van der Waals surface area contributed by atoms with Gasteiger partial charge in [0.15, 0.2) is 5.11 Å². The molecule has 146 valence electrons. The van der Waals surface area contributed by atoms with Crippen molar-refractivity contribution in [1.29, 1.82) is 0 Å². The molecule has 0 spiro atoms. The largest absolute Gasteiger partial charge is 0.323 e. The van der Waals surface area contributed by atoms with Crippen LogP contribution in [0, 0.1) is 13.8 Å². The molecule has 3 aromatic rings. The Kier molecular flexibility index (Phi) is 4.43. The highest BCUT2D eigenvalue weighted by atomic mass is 32.1. The second-order valence-corrected chi connectivity index (χ2v) is 7.17. The number of aryl methyl sites for hydroxylation is 1. The van der Waals surface area contributed by atoms with Gasteiger partial charge in [-0.05, 0) is 50.3 Å². The molecule has 0 unspecified atom stereocenters. The number of rotatable bonds is 3. The van der Waals surface area contributed by atoms with E-state index in [0.29, 0.717) is 17.1 Å². The van der Waals surface area contributed by atoms with Crippen LogP contribution in [0.1, 0.15) is 11.3 Å². The molecule has 1 aromatic heterocycles. The van der Waals surface area contributed by atoms with E-state index in [-0.39, 0.29) is 10.8 Å². The van der Waals surface area contributed by atoms with Crippen molar-refractivity contribution < 1.29 is 9.59 Å². The van der Waals surface area contributed by atoms with Gasteiger partial charge in [0, 0.05) is 7.05 Å². The molecule has 7 nitrogen and oxygen atoms in total. The lowest BCUT2D eigenvalue weighted by Crippen LogP contribution is -2.36. The Morgan fingerprint density at radius 2 is 1.34 bits per heavy atom. The molecular formula is C21H18N4O3S. The highest BCUT2D eigenvalue weighted by Crippen LogP contribution is 2.28. The number of nitrogens with zero attached hydrogens (tertiary/aromatic N) is 4. The van der Waals surface area contributed by atoms with Crippen molar-refractivity contribution >= 4 is 40.5 Å². The predicted octanol–water partition coefficient (Wildman–Crippen LogP) is 2.46. The molecule has 0 saturated carbocycles. The lowest BCUT2D eigenvalue weighted by Gasteiger charge is -2.18. The van der Waals surface area contributed by atoms with Gasteiger partial charge in [-0.25, -0.2) is 14.5 Å². The van der Waals surface area contributed by atoms with Gasteiger partial charge in [-0.3, -0.25) is 19.1 Å². The number of benzene rings is 2. The molecule has 4 rings (SSSR count). The van der Waals surface area contributed by atoms with Crippen LogP contribution in [0.15, 0.2) is 59.4 Å². The van der Waals surface area contributed by atoms with Gasteiger partial charge in [0.25, 0.3) is 5.56 Å². The van der Waals surface area contributed by atoms with Crippen LogP contribution in [0.5, 0.6) is 0 Å². The van der Waals surface area contributed by atoms with Crippen molar-refractivity contribution in [2.45, 2.75) is 13.8 Å². The summed E-state index contributed by atoms with van der Waals surface area (Å²) in [4.78, 5) is 41.0. The van der Waals surface area contributed by atoms with Crippen LogP contribution >= 0.6 is 12.2 Å². The van der Waals surface area contributed by atoms with Gasteiger partial charge in [-0.2, -0.15) is 0 Å². The van der Waals surface area contributed by atoms with Gasteiger partial charge in [0.2, 0.25) is 0 Å². The minimum absolute atomic E-state index is 0.0325. The Hall–Kier alpha value is -3.52. The SMILES string of the molecule is Cc1ccc(N2C(=O)C(=O)N(c3c(C)n(C)n(-c4ccccc4)c3=O)C2=S)cc1. The summed E-state index contributed by atoms with van der Waals surface area (Å²) in [5, 5.41) is -0.0325. The number of anilines is 2. The second kappa shape index (κ2) is 6.82. The zero-order valence-electron chi connectivity index (χ0n) is 16.1. The number of aromatic nitrogens is 2. The molecule has 0 N–H and O–H groups in total. The predicted molar refractivity (Wildman–Crippen MR) is 114 cm³/mol. The second-order valence-electron chi connectivity index (χ2n) is 6.81. The van der Waals surface area contributed by atoms with Gasteiger partial charge >= 0.3 is 11.8 Å². The molecule has 2 heterocycles. The van der Waals surface area contributed by atoms with E-state index in [9.17, 15) is 14.4 Å². The summed E-state index contributed by atoms with van der Waals surface area (Å²) in [7, 11) is 1.72. The quantitative estimate of drug-likeness (QED) is 0.495. The molecule has 0 radical (unpaired) electrons. The van der Waals surface area contributed by atoms with E-state index in [2.05, 4.69) is 0 Å². The first-order chi connectivity index (χ1) is 13.8. The topological polar surface area (TPSA) is 67.6 Å². The van der Waals surface area contributed by atoms with E-state index in [1.165, 1.54) is 4.68 Å². The number of para-hydroxylation sites is 1. The zero-order valence-corrected chi connectivity index (χ0v) is 16.9. The highest BCUT2D eigenvalue weighted by Gasteiger charge is 2.45. The molecule has 1 fully saturated rings. The summed E-state index contributed by atoms with van der Waals surface area (Å²) >= 11 is 5.45. The van der Waals surface area contributed by atoms with Crippen LogP contribution in [0.4, 0.5) is 11.4 Å². The maximum absolute atomic E-state index is 13.2. The fourth-order valence-corrected chi connectivity index (χ4v) is 3.76. The summed E-state index contributed by atoms with van der Waals surface area (Å²) < 4.78 is 3.08. The summed E-state index contributed by atoms with van der Waals surface area (Å²) in [5.41, 5.74) is 2.32. The lowest BCUT2D eigenvalue weighted by molar-refractivity contribution is -0.133. The third-order valence-electron chi connectivity index (χ3n) is 5.01. The van der Waals surface area contributed by atoms with Gasteiger partial charge in [-0.15, -0.1) is 0 Å². The van der Waals surface area contributed by atoms with Crippen molar-refractivity contribution in [2.75, 3.05) is 9.80 Å². The molecule has 0 aliphatic carbocycles. The summed E-state index contributed by atoms with van der Waals surface area (Å²) in [6.45, 7) is 3.63. The first kappa shape index (κ1) is 18.8. The zero-order chi connectivity index (χ0) is 20.9. The maximum atomic E-state index is 13.2. The Morgan fingerprint density at radius 3 is 1.97 bits per heavy atom. The third kappa shape index (κ3) is 2.80. The smallest absolute Gasteiger partial charge is 0.283 e. The van der Waals surface area contributed by atoms with E-state index >= 15 is 0 Å². The van der Waals surface area contributed by atoms with Crippen LogP contribution in [0.2, 0.25) is 0 Å². The number of thiocarbonyl (C=S) groups is 1. The van der Waals surface area contributed by atoms with E-state index in [4.69, 9.17) is 12.2 Å². The van der Waals surface area contributed by atoms with E-state index in [1.807, 2.05) is 37.3 Å². The highest BCUT2D eigenvalue weighted by molar-refractivity contribution is 7.81. The first-order valence-corrected chi connectivity index (χ1v) is 9.37. The van der Waals surface area contributed by atoms with Crippen LogP contribution < -0.4 is 15.4 Å². The normalized spacial score (nSPS) is 14.2. The summed E-state index contributed by atoms with van der Waals surface area (Å²) in [6.07, 6.45) is 0. The van der Waals surface area contributed by atoms with Gasteiger partial charge in [0.1, 0.15) is 5.69 Å². The third-order valence-corrected chi connectivity index (χ3v) is 5.38. The summed E-state index contributed by atoms with van der Waals surface area (Å²) in [5.74, 6) is -1.63. The number of carbonyl (C=O) groups excluding carboxylic acids is 2. The number of hydrogen-bond donors (Lipinski definition) is 0. The molecule has 8 heteroatoms. The van der Waals surface area contributed by atoms with Crippen LogP contribution in [-0.4, -0.2) is 26.3 Å². The van der Waals surface area contributed by atoms with Crippen LogP contribution in [0.3, 0.4) is 0 Å². The minimum Gasteiger partial charge on any atom is -0.283 e. The van der Waals surface area contributed by atoms with Crippen molar-refractivity contribution in [2.24, 2.45) is 7.05 Å².